The van der Waals surface area contributed by atoms with Gasteiger partial charge in [0, 0.05) is 11.8 Å². The van der Waals surface area contributed by atoms with E-state index in [0.29, 0.717) is 18.4 Å². The van der Waals surface area contributed by atoms with Crippen LogP contribution in [0, 0.1) is 0 Å². The van der Waals surface area contributed by atoms with Crippen molar-refractivity contribution < 1.29 is 0 Å². The molecule has 0 fully saturated rings. The fourth-order valence-corrected chi connectivity index (χ4v) is 1.72. The zero-order chi connectivity index (χ0) is 10.4. The normalized spacial score (nSPS) is 13.0. The van der Waals surface area contributed by atoms with E-state index in [1.807, 2.05) is 11.8 Å². The van der Waals surface area contributed by atoms with Crippen molar-refractivity contribution in [3.8, 4) is 0 Å². The molecule has 0 aliphatic heterocycles. The predicted octanol–water partition coefficient (Wildman–Crippen LogP) is 0.329. The number of aromatic amines is 2. The molecule has 80 valence electrons. The highest BCUT2D eigenvalue weighted by Gasteiger charge is 2.02. The highest BCUT2D eigenvalue weighted by atomic mass is 32.2. The highest BCUT2D eigenvalue weighted by molar-refractivity contribution is 7.99. The third-order valence-electron chi connectivity index (χ3n) is 1.74. The summed E-state index contributed by atoms with van der Waals surface area (Å²) in [6.07, 6.45) is 0. The highest BCUT2D eigenvalue weighted by Crippen LogP contribution is 2.01. The minimum Gasteiger partial charge on any atom is -0.306 e. The van der Waals surface area contributed by atoms with Gasteiger partial charge in [-0.2, -0.15) is 16.9 Å². The minimum atomic E-state index is -0.252. The standard InChI is InChI=1S/C8H16N4OS/c1-3-14-5-6(2)9-4-7-10-8(13)12-11-7/h6,9H,3-5H2,1-2H3,(H2,10,11,12,13)/t6-/m0/s1. The van der Waals surface area contributed by atoms with Crippen LogP contribution in [-0.4, -0.2) is 32.7 Å². The number of aromatic nitrogens is 3. The van der Waals surface area contributed by atoms with Crippen molar-refractivity contribution in [1.82, 2.24) is 20.5 Å². The van der Waals surface area contributed by atoms with Crippen molar-refractivity contribution in [2.75, 3.05) is 11.5 Å². The Balaban J connectivity index is 2.23. The van der Waals surface area contributed by atoms with Crippen molar-refractivity contribution in [1.29, 1.82) is 0 Å². The Morgan fingerprint density at radius 2 is 2.43 bits per heavy atom. The van der Waals surface area contributed by atoms with Gasteiger partial charge >= 0.3 is 5.69 Å². The monoisotopic (exact) mass is 216 g/mol. The molecule has 0 saturated carbocycles. The molecule has 14 heavy (non-hydrogen) atoms. The van der Waals surface area contributed by atoms with Gasteiger partial charge in [-0.1, -0.05) is 6.92 Å². The topological polar surface area (TPSA) is 73.6 Å². The van der Waals surface area contributed by atoms with Gasteiger partial charge in [0.05, 0.1) is 6.54 Å². The molecule has 1 aromatic heterocycles. The van der Waals surface area contributed by atoms with E-state index in [-0.39, 0.29) is 5.69 Å². The Morgan fingerprint density at radius 1 is 1.64 bits per heavy atom. The predicted molar refractivity (Wildman–Crippen MR) is 58.5 cm³/mol. The maximum absolute atomic E-state index is 10.7. The number of nitrogens with zero attached hydrogens (tertiary/aromatic N) is 1. The molecular weight excluding hydrogens is 200 g/mol. The quantitative estimate of drug-likeness (QED) is 0.640. The maximum Gasteiger partial charge on any atom is 0.340 e. The summed E-state index contributed by atoms with van der Waals surface area (Å²) in [5, 5.41) is 9.41. The van der Waals surface area contributed by atoms with E-state index in [4.69, 9.17) is 0 Å². The molecule has 0 bridgehead atoms. The van der Waals surface area contributed by atoms with Crippen molar-refractivity contribution in [2.24, 2.45) is 0 Å². The minimum absolute atomic E-state index is 0.252. The summed E-state index contributed by atoms with van der Waals surface area (Å²) < 4.78 is 0. The summed E-state index contributed by atoms with van der Waals surface area (Å²) in [4.78, 5) is 13.3. The van der Waals surface area contributed by atoms with Crippen LogP contribution in [0.5, 0.6) is 0 Å². The number of hydrogen-bond donors (Lipinski definition) is 3. The number of nitrogens with one attached hydrogen (secondary N) is 3. The Kier molecular flexibility index (Phi) is 4.75. The lowest BCUT2D eigenvalue weighted by molar-refractivity contribution is 0.580. The lowest BCUT2D eigenvalue weighted by Gasteiger charge is -2.10. The third kappa shape index (κ3) is 3.97. The number of H-pyrrole nitrogens is 2. The molecule has 3 N–H and O–H groups in total. The van der Waals surface area contributed by atoms with E-state index >= 15 is 0 Å². The van der Waals surface area contributed by atoms with E-state index in [9.17, 15) is 4.79 Å². The van der Waals surface area contributed by atoms with Gasteiger partial charge in [0.2, 0.25) is 0 Å². The Labute approximate surface area is 87.1 Å². The van der Waals surface area contributed by atoms with Crippen LogP contribution < -0.4 is 11.0 Å². The van der Waals surface area contributed by atoms with Gasteiger partial charge in [0.1, 0.15) is 5.82 Å². The number of rotatable bonds is 6. The van der Waals surface area contributed by atoms with Crippen LogP contribution in [0.2, 0.25) is 0 Å². The maximum atomic E-state index is 10.7. The molecule has 1 atom stereocenters. The molecule has 0 saturated heterocycles. The summed E-state index contributed by atoms with van der Waals surface area (Å²) in [5.41, 5.74) is -0.252. The van der Waals surface area contributed by atoms with Crippen LogP contribution >= 0.6 is 11.8 Å². The largest absolute Gasteiger partial charge is 0.340 e. The van der Waals surface area contributed by atoms with Gasteiger partial charge in [0.25, 0.3) is 0 Å². The van der Waals surface area contributed by atoms with Gasteiger partial charge < -0.3 is 5.32 Å². The fraction of sp³-hybridized carbons (Fsp3) is 0.750. The summed E-state index contributed by atoms with van der Waals surface area (Å²) in [5.74, 6) is 2.86. The number of thioether (sulfide) groups is 1. The van der Waals surface area contributed by atoms with E-state index in [1.54, 1.807) is 0 Å². The molecule has 5 nitrogen and oxygen atoms in total. The van der Waals surface area contributed by atoms with Gasteiger partial charge in [-0.15, -0.1) is 0 Å². The SMILES string of the molecule is CCSC[C@H](C)NCc1n[nH]c(=O)[nH]1. The Bertz CT molecular complexity index is 308. The van der Waals surface area contributed by atoms with Crippen LogP contribution in [0.1, 0.15) is 19.7 Å². The zero-order valence-electron chi connectivity index (χ0n) is 8.46. The first-order valence-corrected chi connectivity index (χ1v) is 5.82. The molecule has 0 aliphatic rings. The fourth-order valence-electron chi connectivity index (χ4n) is 1.01. The van der Waals surface area contributed by atoms with Gasteiger partial charge in [-0.25, -0.2) is 9.89 Å². The van der Waals surface area contributed by atoms with Crippen molar-refractivity contribution in [2.45, 2.75) is 26.4 Å². The first-order chi connectivity index (χ1) is 6.72. The molecule has 0 radical (unpaired) electrons. The van der Waals surface area contributed by atoms with Gasteiger partial charge in [-0.3, -0.25) is 4.98 Å². The van der Waals surface area contributed by atoms with Crippen LogP contribution in [0.25, 0.3) is 0 Å². The molecule has 6 heteroatoms. The lowest BCUT2D eigenvalue weighted by Crippen LogP contribution is -2.28. The second-order valence-electron chi connectivity index (χ2n) is 3.07. The van der Waals surface area contributed by atoms with Crippen molar-refractivity contribution in [3.05, 3.63) is 16.3 Å². The smallest absolute Gasteiger partial charge is 0.306 e. The summed E-state index contributed by atoms with van der Waals surface area (Å²) >= 11 is 1.89. The molecular formula is C8H16N4OS. The molecule has 0 aromatic carbocycles. The van der Waals surface area contributed by atoms with Gasteiger partial charge in [0.15, 0.2) is 0 Å². The molecule has 1 aromatic rings. The second-order valence-corrected chi connectivity index (χ2v) is 4.38. The van der Waals surface area contributed by atoms with Crippen LogP contribution in [0.15, 0.2) is 4.79 Å². The molecule has 0 spiro atoms. The van der Waals surface area contributed by atoms with Crippen molar-refractivity contribution in [3.63, 3.8) is 0 Å². The van der Waals surface area contributed by atoms with E-state index in [2.05, 4.69) is 34.3 Å². The average Bonchev–Trinajstić information content (AvgIpc) is 2.58. The second kappa shape index (κ2) is 5.87. The van der Waals surface area contributed by atoms with E-state index in [0.717, 1.165) is 11.5 Å². The lowest BCUT2D eigenvalue weighted by atomic mass is 10.4. The third-order valence-corrected chi connectivity index (χ3v) is 2.88. The van der Waals surface area contributed by atoms with Crippen LogP contribution in [-0.2, 0) is 6.54 Å². The Hall–Kier alpha value is -0.750. The molecule has 0 unspecified atom stereocenters. The average molecular weight is 216 g/mol. The molecule has 1 heterocycles. The van der Waals surface area contributed by atoms with Crippen LogP contribution in [0.4, 0.5) is 0 Å². The zero-order valence-corrected chi connectivity index (χ0v) is 9.28. The molecule has 0 amide bonds. The van der Waals surface area contributed by atoms with E-state index in [1.165, 1.54) is 0 Å². The van der Waals surface area contributed by atoms with Crippen LogP contribution in [0.3, 0.4) is 0 Å². The Morgan fingerprint density at radius 3 is 3.00 bits per heavy atom. The van der Waals surface area contributed by atoms with Crippen molar-refractivity contribution >= 4 is 11.8 Å². The number of hydrogen-bond acceptors (Lipinski definition) is 4. The van der Waals surface area contributed by atoms with E-state index < -0.39 is 0 Å². The first kappa shape index (κ1) is 11.3. The molecule has 0 aliphatic carbocycles. The summed E-state index contributed by atoms with van der Waals surface area (Å²) in [7, 11) is 0. The summed E-state index contributed by atoms with van der Waals surface area (Å²) in [6.45, 7) is 4.86. The van der Waals surface area contributed by atoms with Gasteiger partial charge in [-0.05, 0) is 12.7 Å². The molecule has 1 rings (SSSR count). The summed E-state index contributed by atoms with van der Waals surface area (Å²) in [6, 6.07) is 0.431. The first-order valence-electron chi connectivity index (χ1n) is 4.67.